The summed E-state index contributed by atoms with van der Waals surface area (Å²) in [6.07, 6.45) is 6.15. The van der Waals surface area contributed by atoms with Gasteiger partial charge in [0.25, 0.3) is 0 Å². The summed E-state index contributed by atoms with van der Waals surface area (Å²) in [5.41, 5.74) is 2.34. The van der Waals surface area contributed by atoms with E-state index in [1.54, 1.807) is 19.1 Å². The summed E-state index contributed by atoms with van der Waals surface area (Å²) in [6, 6.07) is 5.92. The van der Waals surface area contributed by atoms with Gasteiger partial charge in [-0.2, -0.15) is 0 Å². The molecule has 0 spiro atoms. The summed E-state index contributed by atoms with van der Waals surface area (Å²) in [7, 11) is 1.26. The SMILES string of the molecule is COC(=O)[C@@H]1C(=O)C2=C(C[C@@H]1C)NC(C)=C(C(=O)OC1CCCCCC1)[C@@H]2c1cccc(F)c1. The Balaban J connectivity index is 1.77. The first-order chi connectivity index (χ1) is 16.3. The van der Waals surface area contributed by atoms with Crippen molar-refractivity contribution < 1.29 is 28.2 Å². The topological polar surface area (TPSA) is 81.7 Å². The molecule has 0 saturated heterocycles. The van der Waals surface area contributed by atoms with Crippen LogP contribution in [0.4, 0.5) is 4.39 Å². The van der Waals surface area contributed by atoms with Gasteiger partial charge >= 0.3 is 11.9 Å². The van der Waals surface area contributed by atoms with Crippen molar-refractivity contribution in [1.82, 2.24) is 5.32 Å². The molecule has 0 radical (unpaired) electrons. The maximum absolute atomic E-state index is 14.3. The molecule has 1 saturated carbocycles. The number of halogens is 1. The van der Waals surface area contributed by atoms with Gasteiger partial charge in [-0.3, -0.25) is 9.59 Å². The first-order valence-corrected chi connectivity index (χ1v) is 12.1. The van der Waals surface area contributed by atoms with Gasteiger partial charge in [-0.1, -0.05) is 31.9 Å². The number of ketones is 1. The van der Waals surface area contributed by atoms with Crippen LogP contribution in [-0.2, 0) is 23.9 Å². The smallest absolute Gasteiger partial charge is 0.337 e. The van der Waals surface area contributed by atoms with Crippen LogP contribution >= 0.6 is 0 Å². The third-order valence-corrected chi connectivity index (χ3v) is 7.22. The second kappa shape index (κ2) is 10.1. The van der Waals surface area contributed by atoms with E-state index in [1.165, 1.54) is 19.2 Å². The molecule has 0 bridgehead atoms. The number of Topliss-reactive ketones (excluding diaryl/α,β-unsaturated/α-hetero) is 1. The summed E-state index contributed by atoms with van der Waals surface area (Å²) >= 11 is 0. The van der Waals surface area contributed by atoms with Crippen molar-refractivity contribution >= 4 is 17.7 Å². The van der Waals surface area contributed by atoms with Crippen LogP contribution in [0.25, 0.3) is 0 Å². The Morgan fingerprint density at radius 1 is 1.12 bits per heavy atom. The van der Waals surface area contributed by atoms with Crippen molar-refractivity contribution in [2.75, 3.05) is 7.11 Å². The number of methoxy groups -OCH3 is 1. The molecule has 3 aliphatic rings. The van der Waals surface area contributed by atoms with E-state index in [1.807, 2.05) is 6.92 Å². The van der Waals surface area contributed by atoms with E-state index in [4.69, 9.17) is 9.47 Å². The van der Waals surface area contributed by atoms with Crippen molar-refractivity contribution in [3.8, 4) is 0 Å². The van der Waals surface area contributed by atoms with E-state index < -0.39 is 35.4 Å². The number of dihydropyridines is 1. The number of hydrogen-bond donors (Lipinski definition) is 1. The zero-order valence-electron chi connectivity index (χ0n) is 20.0. The predicted octanol–water partition coefficient (Wildman–Crippen LogP) is 4.70. The van der Waals surface area contributed by atoms with Crippen LogP contribution in [0.5, 0.6) is 0 Å². The summed E-state index contributed by atoms with van der Waals surface area (Å²) in [4.78, 5) is 39.7. The maximum Gasteiger partial charge on any atom is 0.337 e. The van der Waals surface area contributed by atoms with E-state index in [0.717, 1.165) is 38.5 Å². The summed E-state index contributed by atoms with van der Waals surface area (Å²) in [5, 5.41) is 3.24. The standard InChI is InChI=1S/C27H32FNO5/c1-15-13-20-24(25(30)21(15)26(31)33-3)23(17-9-8-10-18(28)14-17)22(16(2)29-20)27(32)34-19-11-6-4-5-7-12-19/h8-10,14-15,19,21,23,29H,4-7,11-13H2,1-3H3/t15-,21-,23-/m0/s1. The highest BCUT2D eigenvalue weighted by Gasteiger charge is 2.47. The van der Waals surface area contributed by atoms with Gasteiger partial charge in [0, 0.05) is 22.9 Å². The maximum atomic E-state index is 14.3. The van der Waals surface area contributed by atoms with E-state index in [-0.39, 0.29) is 12.0 Å². The molecule has 0 amide bonds. The molecule has 1 aliphatic heterocycles. The minimum absolute atomic E-state index is 0.177. The van der Waals surface area contributed by atoms with Crippen LogP contribution in [0.3, 0.4) is 0 Å². The van der Waals surface area contributed by atoms with Crippen LogP contribution in [0.15, 0.2) is 46.8 Å². The molecule has 1 fully saturated rings. The van der Waals surface area contributed by atoms with Gasteiger partial charge in [-0.25, -0.2) is 9.18 Å². The average molecular weight is 470 g/mol. The fourth-order valence-electron chi connectivity index (χ4n) is 5.55. The summed E-state index contributed by atoms with van der Waals surface area (Å²) < 4.78 is 25.1. The second-order valence-corrected chi connectivity index (χ2v) is 9.61. The van der Waals surface area contributed by atoms with Crippen LogP contribution < -0.4 is 5.32 Å². The lowest BCUT2D eigenvalue weighted by Crippen LogP contribution is -2.43. The minimum atomic E-state index is -0.973. The van der Waals surface area contributed by atoms with E-state index in [2.05, 4.69) is 5.32 Å². The molecule has 1 aromatic carbocycles. The quantitative estimate of drug-likeness (QED) is 0.391. The first kappa shape index (κ1) is 24.2. The molecule has 3 atom stereocenters. The fraction of sp³-hybridized carbons (Fsp3) is 0.519. The lowest BCUT2D eigenvalue weighted by atomic mass is 9.69. The Labute approximate surface area is 199 Å². The Bertz CT molecular complexity index is 1050. The Kier molecular flexibility index (Phi) is 7.19. The predicted molar refractivity (Wildman–Crippen MR) is 124 cm³/mol. The van der Waals surface area contributed by atoms with E-state index >= 15 is 0 Å². The van der Waals surface area contributed by atoms with Gasteiger partial charge in [0.05, 0.1) is 12.7 Å². The number of nitrogens with one attached hydrogen (secondary N) is 1. The highest BCUT2D eigenvalue weighted by atomic mass is 19.1. The molecule has 6 nitrogen and oxygen atoms in total. The highest BCUT2D eigenvalue weighted by Crippen LogP contribution is 2.45. The van der Waals surface area contributed by atoms with Crippen molar-refractivity contribution in [2.24, 2.45) is 11.8 Å². The van der Waals surface area contributed by atoms with Crippen LogP contribution in [0.1, 0.15) is 70.3 Å². The molecule has 7 heteroatoms. The molecule has 34 heavy (non-hydrogen) atoms. The van der Waals surface area contributed by atoms with Gasteiger partial charge < -0.3 is 14.8 Å². The Morgan fingerprint density at radius 2 is 1.82 bits per heavy atom. The zero-order valence-corrected chi connectivity index (χ0v) is 20.0. The minimum Gasteiger partial charge on any atom is -0.468 e. The molecule has 1 heterocycles. The monoisotopic (exact) mass is 469 g/mol. The normalized spacial score (nSPS) is 25.9. The number of carbonyl (C=O) groups excluding carboxylic acids is 3. The summed E-state index contributed by atoms with van der Waals surface area (Å²) in [5.74, 6) is -4.03. The number of hydrogen-bond acceptors (Lipinski definition) is 6. The molecule has 1 aromatic rings. The molecule has 2 aliphatic carbocycles. The highest BCUT2D eigenvalue weighted by molar-refractivity contribution is 6.12. The van der Waals surface area contributed by atoms with Gasteiger partial charge in [0.1, 0.15) is 17.8 Å². The third-order valence-electron chi connectivity index (χ3n) is 7.22. The molecule has 4 rings (SSSR count). The number of benzene rings is 1. The number of rotatable bonds is 4. The van der Waals surface area contributed by atoms with Gasteiger partial charge in [-0.05, 0) is 62.6 Å². The Morgan fingerprint density at radius 3 is 2.47 bits per heavy atom. The molecule has 182 valence electrons. The zero-order chi connectivity index (χ0) is 24.4. The van der Waals surface area contributed by atoms with Crippen molar-refractivity contribution in [3.63, 3.8) is 0 Å². The summed E-state index contributed by atoms with van der Waals surface area (Å²) in [6.45, 7) is 3.61. The second-order valence-electron chi connectivity index (χ2n) is 9.61. The largest absolute Gasteiger partial charge is 0.468 e. The van der Waals surface area contributed by atoms with Crippen LogP contribution in [0.2, 0.25) is 0 Å². The molecule has 1 N–H and O–H groups in total. The van der Waals surface area contributed by atoms with E-state index in [9.17, 15) is 18.8 Å². The van der Waals surface area contributed by atoms with Crippen LogP contribution in [0, 0.1) is 17.7 Å². The van der Waals surface area contributed by atoms with Gasteiger partial charge in [-0.15, -0.1) is 0 Å². The first-order valence-electron chi connectivity index (χ1n) is 12.1. The van der Waals surface area contributed by atoms with Gasteiger partial charge in [0.15, 0.2) is 5.78 Å². The molecule has 0 unspecified atom stereocenters. The number of ether oxygens (including phenoxy) is 2. The fourth-order valence-corrected chi connectivity index (χ4v) is 5.55. The van der Waals surface area contributed by atoms with E-state index in [0.29, 0.717) is 34.5 Å². The number of allylic oxidation sites excluding steroid dienone is 3. The van der Waals surface area contributed by atoms with Crippen molar-refractivity contribution in [2.45, 2.75) is 70.8 Å². The number of carbonyl (C=O) groups is 3. The Hall–Kier alpha value is -2.96. The average Bonchev–Trinajstić information content (AvgIpc) is 3.06. The van der Waals surface area contributed by atoms with Gasteiger partial charge in [0.2, 0.25) is 0 Å². The van der Waals surface area contributed by atoms with Crippen molar-refractivity contribution in [3.05, 3.63) is 58.2 Å². The molecule has 0 aromatic heterocycles. The molecular weight excluding hydrogens is 437 g/mol. The van der Waals surface area contributed by atoms with Crippen molar-refractivity contribution in [1.29, 1.82) is 0 Å². The number of esters is 2. The van der Waals surface area contributed by atoms with Crippen LogP contribution in [-0.4, -0.2) is 30.9 Å². The molecular formula is C27H32FNO5. The third kappa shape index (κ3) is 4.65. The lowest BCUT2D eigenvalue weighted by Gasteiger charge is -2.38. The lowest BCUT2D eigenvalue weighted by molar-refractivity contribution is -0.151.